The first-order valence-electron chi connectivity index (χ1n) is 6.63. The molecule has 0 amide bonds. The SMILES string of the molecule is Cc1ccc2c(C(=O)O)c(Cl)n(Cc3ccccc3)c2c1. The fourth-order valence-corrected chi connectivity index (χ4v) is 2.89. The highest BCUT2D eigenvalue weighted by atomic mass is 35.5. The quantitative estimate of drug-likeness (QED) is 0.781. The van der Waals surface area contributed by atoms with Gasteiger partial charge in [0.2, 0.25) is 0 Å². The van der Waals surface area contributed by atoms with E-state index in [-0.39, 0.29) is 10.7 Å². The summed E-state index contributed by atoms with van der Waals surface area (Å²) in [5, 5.41) is 10.4. The van der Waals surface area contributed by atoms with Crippen molar-refractivity contribution in [2.45, 2.75) is 13.5 Å². The summed E-state index contributed by atoms with van der Waals surface area (Å²) in [7, 11) is 0. The third-order valence-corrected chi connectivity index (χ3v) is 3.95. The van der Waals surface area contributed by atoms with E-state index in [0.717, 1.165) is 16.6 Å². The first-order valence-corrected chi connectivity index (χ1v) is 7.01. The molecular weight excluding hydrogens is 286 g/mol. The molecule has 0 spiro atoms. The van der Waals surface area contributed by atoms with E-state index in [1.165, 1.54) is 0 Å². The van der Waals surface area contributed by atoms with Crippen LogP contribution < -0.4 is 0 Å². The third kappa shape index (κ3) is 2.41. The Labute approximate surface area is 127 Å². The maximum absolute atomic E-state index is 11.5. The summed E-state index contributed by atoms with van der Waals surface area (Å²) >= 11 is 6.33. The number of benzene rings is 2. The second-order valence-corrected chi connectivity index (χ2v) is 5.42. The second kappa shape index (κ2) is 5.26. The van der Waals surface area contributed by atoms with Crippen molar-refractivity contribution in [3.8, 4) is 0 Å². The van der Waals surface area contributed by atoms with Crippen molar-refractivity contribution in [2.24, 2.45) is 0 Å². The Balaban J connectivity index is 2.24. The highest BCUT2D eigenvalue weighted by molar-refractivity contribution is 6.35. The third-order valence-electron chi connectivity index (χ3n) is 3.55. The molecule has 0 aliphatic carbocycles. The van der Waals surface area contributed by atoms with Crippen LogP contribution in [0.2, 0.25) is 5.15 Å². The van der Waals surface area contributed by atoms with Gasteiger partial charge in [0, 0.05) is 11.9 Å². The van der Waals surface area contributed by atoms with E-state index < -0.39 is 5.97 Å². The molecule has 0 aliphatic heterocycles. The van der Waals surface area contributed by atoms with E-state index in [9.17, 15) is 9.90 Å². The summed E-state index contributed by atoms with van der Waals surface area (Å²) in [6.07, 6.45) is 0. The summed E-state index contributed by atoms with van der Waals surface area (Å²) < 4.78 is 1.85. The van der Waals surface area contributed by atoms with Crippen molar-refractivity contribution < 1.29 is 9.90 Å². The monoisotopic (exact) mass is 299 g/mol. The first kappa shape index (κ1) is 13.7. The van der Waals surface area contributed by atoms with Gasteiger partial charge in [-0.15, -0.1) is 0 Å². The van der Waals surface area contributed by atoms with Gasteiger partial charge in [0.05, 0.1) is 5.52 Å². The lowest BCUT2D eigenvalue weighted by Crippen LogP contribution is -2.01. The number of rotatable bonds is 3. The topological polar surface area (TPSA) is 42.2 Å². The Hall–Kier alpha value is -2.26. The van der Waals surface area contributed by atoms with Crippen LogP contribution in [0.5, 0.6) is 0 Å². The molecule has 1 N–H and O–H groups in total. The molecule has 3 rings (SSSR count). The van der Waals surface area contributed by atoms with Crippen LogP contribution in [-0.4, -0.2) is 15.6 Å². The number of fused-ring (bicyclic) bond motifs is 1. The van der Waals surface area contributed by atoms with Crippen molar-refractivity contribution in [2.75, 3.05) is 0 Å². The molecule has 1 heterocycles. The molecule has 0 fully saturated rings. The summed E-state index contributed by atoms with van der Waals surface area (Å²) in [6.45, 7) is 2.53. The fraction of sp³-hybridized carbons (Fsp3) is 0.118. The van der Waals surface area contributed by atoms with E-state index in [2.05, 4.69) is 0 Å². The van der Waals surface area contributed by atoms with Gasteiger partial charge in [0.25, 0.3) is 0 Å². The Morgan fingerprint density at radius 1 is 1.19 bits per heavy atom. The van der Waals surface area contributed by atoms with Gasteiger partial charge in [-0.05, 0) is 24.1 Å². The maximum Gasteiger partial charge on any atom is 0.339 e. The molecule has 0 aliphatic rings. The molecule has 1 aromatic heterocycles. The van der Waals surface area contributed by atoms with Crippen LogP contribution in [0.4, 0.5) is 0 Å². The average Bonchev–Trinajstić information content (AvgIpc) is 2.73. The van der Waals surface area contributed by atoms with Gasteiger partial charge in [0.15, 0.2) is 0 Å². The Bertz CT molecular complexity index is 822. The van der Waals surface area contributed by atoms with Gasteiger partial charge in [0.1, 0.15) is 10.7 Å². The van der Waals surface area contributed by atoms with E-state index >= 15 is 0 Å². The van der Waals surface area contributed by atoms with Gasteiger partial charge in [-0.2, -0.15) is 0 Å². The van der Waals surface area contributed by atoms with Gasteiger partial charge in [-0.3, -0.25) is 0 Å². The zero-order chi connectivity index (χ0) is 15.0. The predicted octanol–water partition coefficient (Wildman–Crippen LogP) is 4.35. The molecule has 21 heavy (non-hydrogen) atoms. The second-order valence-electron chi connectivity index (χ2n) is 5.06. The predicted molar refractivity (Wildman–Crippen MR) is 84.2 cm³/mol. The Morgan fingerprint density at radius 2 is 1.90 bits per heavy atom. The molecule has 4 heteroatoms. The highest BCUT2D eigenvalue weighted by Crippen LogP contribution is 2.31. The van der Waals surface area contributed by atoms with E-state index in [4.69, 9.17) is 11.6 Å². The van der Waals surface area contributed by atoms with Crippen molar-refractivity contribution in [1.82, 2.24) is 4.57 Å². The number of hydrogen-bond acceptors (Lipinski definition) is 1. The van der Waals surface area contributed by atoms with Crippen LogP contribution in [0.25, 0.3) is 10.9 Å². The van der Waals surface area contributed by atoms with Crippen LogP contribution in [0.15, 0.2) is 48.5 Å². The molecule has 106 valence electrons. The molecule has 0 atom stereocenters. The number of aromatic nitrogens is 1. The van der Waals surface area contributed by atoms with Crippen LogP contribution in [0.3, 0.4) is 0 Å². The molecule has 3 nitrogen and oxygen atoms in total. The van der Waals surface area contributed by atoms with Gasteiger partial charge in [-0.25, -0.2) is 4.79 Å². The molecular formula is C17H14ClNO2. The number of carboxylic acids is 1. The summed E-state index contributed by atoms with van der Waals surface area (Å²) in [4.78, 5) is 11.5. The molecule has 0 saturated heterocycles. The van der Waals surface area contributed by atoms with Crippen LogP contribution >= 0.6 is 11.6 Å². The lowest BCUT2D eigenvalue weighted by molar-refractivity contribution is 0.0699. The number of nitrogens with zero attached hydrogens (tertiary/aromatic N) is 1. The van der Waals surface area contributed by atoms with Crippen molar-refractivity contribution in [1.29, 1.82) is 0 Å². The average molecular weight is 300 g/mol. The summed E-state index contributed by atoms with van der Waals surface area (Å²) in [5.74, 6) is -0.999. The smallest absolute Gasteiger partial charge is 0.339 e. The lowest BCUT2D eigenvalue weighted by atomic mass is 10.1. The standard InChI is InChI=1S/C17H14ClNO2/c1-11-7-8-13-14(9-11)19(16(18)15(13)17(20)21)10-12-5-3-2-4-6-12/h2-9H,10H2,1H3,(H,20,21). The zero-order valence-corrected chi connectivity index (χ0v) is 12.3. The minimum atomic E-state index is -0.999. The number of carbonyl (C=O) groups is 1. The Kier molecular flexibility index (Phi) is 3.43. The summed E-state index contributed by atoms with van der Waals surface area (Å²) in [6, 6.07) is 15.6. The normalized spacial score (nSPS) is 11.0. The summed E-state index contributed by atoms with van der Waals surface area (Å²) in [5.41, 5.74) is 3.17. The maximum atomic E-state index is 11.5. The zero-order valence-electron chi connectivity index (χ0n) is 11.5. The minimum Gasteiger partial charge on any atom is -0.478 e. The number of aromatic carboxylic acids is 1. The van der Waals surface area contributed by atoms with Gasteiger partial charge in [-0.1, -0.05) is 54.1 Å². The van der Waals surface area contributed by atoms with Gasteiger partial charge < -0.3 is 9.67 Å². The number of hydrogen-bond donors (Lipinski definition) is 1. The molecule has 0 saturated carbocycles. The Morgan fingerprint density at radius 3 is 2.57 bits per heavy atom. The van der Waals surface area contributed by atoms with Crippen LogP contribution in [0.1, 0.15) is 21.5 Å². The molecule has 0 bridgehead atoms. The van der Waals surface area contributed by atoms with Gasteiger partial charge >= 0.3 is 5.97 Å². The minimum absolute atomic E-state index is 0.169. The number of aryl methyl sites for hydroxylation is 1. The fourth-order valence-electron chi connectivity index (χ4n) is 2.55. The molecule has 0 unspecified atom stereocenters. The van der Waals surface area contributed by atoms with Crippen molar-refractivity contribution >= 4 is 28.5 Å². The number of halogens is 1. The largest absolute Gasteiger partial charge is 0.478 e. The van der Waals surface area contributed by atoms with Crippen LogP contribution in [-0.2, 0) is 6.54 Å². The van der Waals surface area contributed by atoms with E-state index in [1.807, 2.05) is 60.0 Å². The molecule has 3 aromatic rings. The van der Waals surface area contributed by atoms with E-state index in [1.54, 1.807) is 0 Å². The lowest BCUT2D eigenvalue weighted by Gasteiger charge is -2.07. The highest BCUT2D eigenvalue weighted by Gasteiger charge is 2.20. The first-order chi connectivity index (χ1) is 10.1. The van der Waals surface area contributed by atoms with Crippen molar-refractivity contribution in [3.05, 3.63) is 70.4 Å². The van der Waals surface area contributed by atoms with Crippen molar-refractivity contribution in [3.63, 3.8) is 0 Å². The number of carboxylic acid groups (broad SMARTS) is 1. The van der Waals surface area contributed by atoms with Crippen LogP contribution in [0, 0.1) is 6.92 Å². The molecule has 0 radical (unpaired) electrons. The molecule has 2 aromatic carbocycles. The van der Waals surface area contributed by atoms with E-state index in [0.29, 0.717) is 11.9 Å².